The molecule has 0 saturated heterocycles. The molecule has 0 aliphatic rings. The van der Waals surface area contributed by atoms with Crippen LogP contribution in [-0.2, 0) is 0 Å². The highest BCUT2D eigenvalue weighted by atomic mass is 14.3. The third-order valence-corrected chi connectivity index (χ3v) is 2.14. The van der Waals surface area contributed by atoms with Crippen LogP contribution in [0.1, 0.15) is 11.1 Å². The third kappa shape index (κ3) is 2.83. The van der Waals surface area contributed by atoms with Crippen molar-refractivity contribution in [2.24, 2.45) is 0 Å². The fourth-order valence-corrected chi connectivity index (χ4v) is 1.34. The minimum Gasteiger partial charge on any atom is -0.193 e. The summed E-state index contributed by atoms with van der Waals surface area (Å²) in [6.07, 6.45) is 2.28. The lowest BCUT2D eigenvalue weighted by molar-refractivity contribution is 1.48. The Morgan fingerprint density at radius 3 is 1.61 bits per heavy atom. The standard InChI is InChI=1S/C14H6N4/c15-6-4-13(9-17)11-2-1-3-12(8-11)14(10-18)5-7-16/h1-5,8H/b13-4+,14-5+. The fraction of sp³-hybridized carbons (Fsp3) is 0. The van der Waals surface area contributed by atoms with E-state index < -0.39 is 0 Å². The van der Waals surface area contributed by atoms with Gasteiger partial charge in [0.1, 0.15) is 12.1 Å². The second kappa shape index (κ2) is 6.29. The maximum Gasteiger partial charge on any atom is 0.101 e. The summed E-state index contributed by atoms with van der Waals surface area (Å²) in [4.78, 5) is 0. The van der Waals surface area contributed by atoms with Gasteiger partial charge in [-0.15, -0.1) is 0 Å². The molecule has 1 aromatic rings. The monoisotopic (exact) mass is 230 g/mol. The zero-order valence-electron chi connectivity index (χ0n) is 9.25. The number of hydrogen-bond donors (Lipinski definition) is 0. The molecule has 0 bridgehead atoms. The van der Waals surface area contributed by atoms with E-state index >= 15 is 0 Å². The van der Waals surface area contributed by atoms with Gasteiger partial charge in [-0.1, -0.05) is 18.2 Å². The van der Waals surface area contributed by atoms with Gasteiger partial charge in [0.15, 0.2) is 0 Å². The van der Waals surface area contributed by atoms with Crippen LogP contribution in [0.25, 0.3) is 11.1 Å². The van der Waals surface area contributed by atoms with E-state index in [0.717, 1.165) is 12.2 Å². The first-order valence-corrected chi connectivity index (χ1v) is 4.87. The van der Waals surface area contributed by atoms with Crippen molar-refractivity contribution in [3.05, 3.63) is 47.5 Å². The van der Waals surface area contributed by atoms with Crippen LogP contribution in [0.2, 0.25) is 0 Å². The Morgan fingerprint density at radius 2 is 1.28 bits per heavy atom. The highest BCUT2D eigenvalue weighted by molar-refractivity contribution is 5.83. The normalized spacial score (nSPS) is 10.7. The predicted molar refractivity (Wildman–Crippen MR) is 64.8 cm³/mol. The second-order valence-electron chi connectivity index (χ2n) is 3.18. The molecule has 0 aliphatic heterocycles. The van der Waals surface area contributed by atoms with E-state index in [1.54, 1.807) is 36.4 Å². The molecule has 18 heavy (non-hydrogen) atoms. The molecule has 4 heteroatoms. The lowest BCUT2D eigenvalue weighted by atomic mass is 10.00. The predicted octanol–water partition coefficient (Wildman–Crippen LogP) is 2.55. The van der Waals surface area contributed by atoms with E-state index in [9.17, 15) is 0 Å². The lowest BCUT2D eigenvalue weighted by Gasteiger charge is -2.01. The molecule has 0 unspecified atom stereocenters. The maximum absolute atomic E-state index is 8.90. The zero-order chi connectivity index (χ0) is 13.4. The summed E-state index contributed by atoms with van der Waals surface area (Å²) in [5, 5.41) is 34.9. The Kier molecular flexibility index (Phi) is 4.45. The van der Waals surface area contributed by atoms with Crippen LogP contribution in [0.3, 0.4) is 0 Å². The smallest absolute Gasteiger partial charge is 0.101 e. The molecule has 1 rings (SSSR count). The molecular weight excluding hydrogens is 224 g/mol. The summed E-state index contributed by atoms with van der Waals surface area (Å²) in [6.45, 7) is 0. The number of nitriles is 4. The quantitative estimate of drug-likeness (QED) is 0.729. The van der Waals surface area contributed by atoms with Crippen molar-refractivity contribution >= 4 is 11.1 Å². The van der Waals surface area contributed by atoms with Gasteiger partial charge in [-0.05, 0) is 17.2 Å². The number of benzene rings is 1. The van der Waals surface area contributed by atoms with Crippen LogP contribution in [0.15, 0.2) is 36.4 Å². The van der Waals surface area contributed by atoms with Crippen molar-refractivity contribution < 1.29 is 0 Å². The van der Waals surface area contributed by atoms with Crippen LogP contribution >= 0.6 is 0 Å². The summed E-state index contributed by atoms with van der Waals surface area (Å²) >= 11 is 0. The Hall–Kier alpha value is -3.34. The van der Waals surface area contributed by atoms with Gasteiger partial charge in [0.25, 0.3) is 0 Å². The Balaban J connectivity index is 3.34. The van der Waals surface area contributed by atoms with Crippen LogP contribution in [0, 0.1) is 45.3 Å². The topological polar surface area (TPSA) is 95.2 Å². The van der Waals surface area contributed by atoms with Gasteiger partial charge in [-0.25, -0.2) is 0 Å². The first-order chi connectivity index (χ1) is 8.76. The molecule has 0 spiro atoms. The van der Waals surface area contributed by atoms with Crippen LogP contribution in [0.4, 0.5) is 0 Å². The summed E-state index contributed by atoms with van der Waals surface area (Å²) in [7, 11) is 0. The Morgan fingerprint density at radius 1 is 0.833 bits per heavy atom. The summed E-state index contributed by atoms with van der Waals surface area (Å²) < 4.78 is 0. The highest BCUT2D eigenvalue weighted by Crippen LogP contribution is 2.20. The van der Waals surface area contributed by atoms with Crippen LogP contribution in [-0.4, -0.2) is 0 Å². The zero-order valence-corrected chi connectivity index (χ0v) is 9.25. The van der Waals surface area contributed by atoms with E-state index in [1.165, 1.54) is 0 Å². The molecule has 1 aromatic carbocycles. The summed E-state index contributed by atoms with van der Waals surface area (Å²) in [5.41, 5.74) is 1.51. The van der Waals surface area contributed by atoms with Gasteiger partial charge in [0.05, 0.1) is 23.3 Å². The van der Waals surface area contributed by atoms with E-state index in [4.69, 9.17) is 21.0 Å². The van der Waals surface area contributed by atoms with Gasteiger partial charge in [-0.3, -0.25) is 0 Å². The number of rotatable bonds is 2. The number of allylic oxidation sites excluding steroid dienone is 4. The summed E-state index contributed by atoms with van der Waals surface area (Å²) in [5.74, 6) is 0. The van der Waals surface area contributed by atoms with Crippen LogP contribution < -0.4 is 0 Å². The van der Waals surface area contributed by atoms with Crippen molar-refractivity contribution in [3.63, 3.8) is 0 Å². The third-order valence-electron chi connectivity index (χ3n) is 2.14. The molecule has 0 atom stereocenters. The van der Waals surface area contributed by atoms with E-state index in [2.05, 4.69) is 0 Å². The van der Waals surface area contributed by atoms with Crippen molar-refractivity contribution in [3.8, 4) is 24.3 Å². The first-order valence-electron chi connectivity index (χ1n) is 4.87. The highest BCUT2D eigenvalue weighted by Gasteiger charge is 2.05. The average molecular weight is 230 g/mol. The molecule has 0 saturated carbocycles. The maximum atomic E-state index is 8.90. The number of hydrogen-bond acceptors (Lipinski definition) is 4. The van der Waals surface area contributed by atoms with Crippen molar-refractivity contribution in [1.82, 2.24) is 0 Å². The second-order valence-corrected chi connectivity index (χ2v) is 3.18. The molecule has 0 aromatic heterocycles. The van der Waals surface area contributed by atoms with Gasteiger partial charge < -0.3 is 0 Å². The van der Waals surface area contributed by atoms with Crippen molar-refractivity contribution in [2.75, 3.05) is 0 Å². The lowest BCUT2D eigenvalue weighted by Crippen LogP contribution is -1.86. The van der Waals surface area contributed by atoms with E-state index in [-0.39, 0.29) is 11.1 Å². The van der Waals surface area contributed by atoms with E-state index in [0.29, 0.717) is 11.1 Å². The molecule has 0 radical (unpaired) electrons. The summed E-state index contributed by atoms with van der Waals surface area (Å²) in [6, 6.07) is 14.0. The van der Waals surface area contributed by atoms with Gasteiger partial charge in [0, 0.05) is 12.2 Å². The van der Waals surface area contributed by atoms with Crippen molar-refractivity contribution in [2.45, 2.75) is 0 Å². The number of nitrogens with zero attached hydrogens (tertiary/aromatic N) is 4. The molecule has 4 nitrogen and oxygen atoms in total. The average Bonchev–Trinajstić information content (AvgIpc) is 2.42. The van der Waals surface area contributed by atoms with Crippen LogP contribution in [0.5, 0.6) is 0 Å². The molecule has 0 fully saturated rings. The Labute approximate surface area is 105 Å². The molecule has 0 amide bonds. The van der Waals surface area contributed by atoms with Gasteiger partial charge in [0.2, 0.25) is 0 Å². The molecule has 0 heterocycles. The van der Waals surface area contributed by atoms with Gasteiger partial charge in [-0.2, -0.15) is 21.0 Å². The molecular formula is C14H6N4. The van der Waals surface area contributed by atoms with E-state index in [1.807, 2.05) is 12.1 Å². The van der Waals surface area contributed by atoms with Crippen molar-refractivity contribution in [1.29, 1.82) is 21.0 Å². The Bertz CT molecular complexity index is 625. The molecule has 0 aliphatic carbocycles. The first kappa shape index (κ1) is 12.7. The minimum absolute atomic E-state index is 0.216. The van der Waals surface area contributed by atoms with Gasteiger partial charge >= 0.3 is 0 Å². The molecule has 0 N–H and O–H groups in total. The minimum atomic E-state index is 0.216. The largest absolute Gasteiger partial charge is 0.193 e. The fourth-order valence-electron chi connectivity index (χ4n) is 1.34. The molecule has 82 valence electrons. The SMILES string of the molecule is N#C/C=C(\C#N)c1cccc(/C(C#N)=C/C#N)c1.